The molecule has 2 N–H and O–H groups in total. The normalized spacial score (nSPS) is 30.7. The van der Waals surface area contributed by atoms with Crippen molar-refractivity contribution >= 4 is 88.7 Å². The number of pyridine rings is 2. The molecule has 0 unspecified atom stereocenters. The summed E-state index contributed by atoms with van der Waals surface area (Å²) in [6, 6.07) is 10.7. The van der Waals surface area contributed by atoms with Crippen molar-refractivity contribution in [3.8, 4) is 23.3 Å². The van der Waals surface area contributed by atoms with Gasteiger partial charge in [-0.25, -0.2) is 26.8 Å². The van der Waals surface area contributed by atoms with Crippen molar-refractivity contribution < 1.29 is 118 Å². The Balaban J connectivity index is 0.000000235. The molecule has 4 aromatic rings. The van der Waals surface area contributed by atoms with Gasteiger partial charge in [0, 0.05) is 47.2 Å². The third-order valence-electron chi connectivity index (χ3n) is 25.5. The number of nitrogens with zero attached hydrogens (tertiary/aromatic N) is 4. The van der Waals surface area contributed by atoms with Gasteiger partial charge < -0.3 is 38.2 Å². The number of fused-ring (bicyclic) bond motifs is 6. The zero-order valence-corrected chi connectivity index (χ0v) is 67.5. The fourth-order valence-corrected chi connectivity index (χ4v) is 19.8. The molecule has 14 atom stereocenters. The second-order valence-electron chi connectivity index (χ2n) is 35.1. The number of halogens is 6. The minimum Gasteiger partial charge on any atom is -0.494 e. The Labute approximate surface area is 670 Å². The van der Waals surface area contributed by atoms with Gasteiger partial charge in [0.05, 0.1) is 105 Å². The molecule has 0 radical (unpaired) electrons. The highest BCUT2D eigenvalue weighted by molar-refractivity contribution is 7.92. The number of rotatable bonds is 18. The van der Waals surface area contributed by atoms with Gasteiger partial charge in [-0.1, -0.05) is 103 Å². The number of methoxy groups -OCH3 is 2. The zero-order valence-electron chi connectivity index (χ0n) is 71.9. The summed E-state index contributed by atoms with van der Waals surface area (Å²) in [5.41, 5.74) is -8.36. The fraction of sp³-hybridized carbons (Fsp3) is 0.683. The maximum Gasteiger partial charge on any atom is 0.427 e. The smallest absolute Gasteiger partial charge is 0.427 e. The first kappa shape index (κ1) is 78.6. The van der Waals surface area contributed by atoms with Gasteiger partial charge in [0.25, 0.3) is 0 Å². The number of Topliss-reactive ketones (excluding diaryl/α,β-unsaturated/α-hetero) is 2. The summed E-state index contributed by atoms with van der Waals surface area (Å²) >= 11 is 0. The molecule has 2 aromatic heterocycles. The number of aromatic nitrogens is 2. The predicted molar refractivity (Wildman–Crippen MR) is 407 cm³/mol. The molecule has 24 nitrogen and oxygen atoms in total. The highest BCUT2D eigenvalue weighted by Gasteiger charge is 2.66. The highest BCUT2D eigenvalue weighted by atomic mass is 32.2. The predicted octanol–water partition coefficient (Wildman–Crippen LogP) is 13.4. The lowest BCUT2D eigenvalue weighted by Crippen LogP contribution is -2.48. The molecule has 32 heteroatoms. The summed E-state index contributed by atoms with van der Waals surface area (Å²) in [6.07, 6.45) is -3.13. The molecule has 4 aliphatic carbocycles. The average molecular weight is 1650 g/mol. The van der Waals surface area contributed by atoms with Crippen LogP contribution in [0.3, 0.4) is 0 Å². The van der Waals surface area contributed by atoms with Crippen molar-refractivity contribution in [2.75, 3.05) is 27.2 Å². The molecule has 8 fully saturated rings. The van der Waals surface area contributed by atoms with Gasteiger partial charge in [0.15, 0.2) is 11.6 Å². The molecule has 2 aromatic carbocycles. The minimum absolute atomic E-state index is 0.0310. The Hall–Kier alpha value is -7.90. The van der Waals surface area contributed by atoms with E-state index < -0.39 is 186 Å². The lowest BCUT2D eigenvalue weighted by Gasteiger charge is -2.33. The van der Waals surface area contributed by atoms with E-state index in [0.29, 0.717) is 98.6 Å². The van der Waals surface area contributed by atoms with Crippen molar-refractivity contribution in [3.05, 3.63) is 60.9 Å². The number of amides is 4. The average Bonchev–Trinajstić information content (AvgIpc) is 1.57. The number of carbonyl (C=O) groups is 8. The Morgan fingerprint density at radius 2 is 0.877 bits per heavy atom. The summed E-state index contributed by atoms with van der Waals surface area (Å²) < 4.78 is 216. The second-order valence-corrected chi connectivity index (χ2v) is 39.5. The molecule has 12 rings (SSSR count). The molecule has 114 heavy (non-hydrogen) atoms. The van der Waals surface area contributed by atoms with Crippen LogP contribution in [0.25, 0.3) is 21.5 Å². The van der Waals surface area contributed by atoms with Gasteiger partial charge in [-0.15, -0.1) is 0 Å². The number of hydrogen-bond donors (Lipinski definition) is 2. The Morgan fingerprint density at radius 1 is 0.535 bits per heavy atom. The summed E-state index contributed by atoms with van der Waals surface area (Å²) in [4.78, 5) is 125. The lowest BCUT2D eigenvalue weighted by molar-refractivity contribution is -0.257. The van der Waals surface area contributed by atoms with Crippen molar-refractivity contribution in [1.29, 1.82) is 0 Å². The van der Waals surface area contributed by atoms with Crippen LogP contribution in [-0.2, 0) is 67.9 Å². The third-order valence-corrected chi connectivity index (χ3v) is 29.8. The molecule has 4 aliphatic heterocycles. The largest absolute Gasteiger partial charge is 0.494 e. The monoisotopic (exact) mass is 1650 g/mol. The van der Waals surface area contributed by atoms with Crippen LogP contribution < -0.4 is 28.4 Å². The standard InChI is InChI=1S/2C41H54F3N3O9S/c2*1-24-11-7-8-12-26-20-40(26,37(51)46-57(52,53)39(5)15-16-39)21-32(48)31-18-27(55-35-29-14-10-9-13-28(29)33(54-6)22-45-35)23-47(31)36(50)30(25(2)17-24)19-34(49)56-38(3,4)41(42,43)44/h2*9-10,13-14,22,24-27,30-31H,7-8,11-12,15-21,23H2,1-6H3,(H,46,51)/t24-,25+,26+,27+,30-,31-,40+;24-,25-,26-,27-,30+,31+,40-/m01/s1/i2*6D3. The molecular weight excluding hydrogens is 1540 g/mol. The number of carbonyl (C=O) groups excluding carboxylic acids is 8. The summed E-state index contributed by atoms with van der Waals surface area (Å²) in [5, 5.41) is 1.48. The molecule has 0 bridgehead atoms. The van der Waals surface area contributed by atoms with E-state index in [0.717, 1.165) is 40.5 Å². The van der Waals surface area contributed by atoms with Crippen LogP contribution in [0.4, 0.5) is 26.3 Å². The summed E-state index contributed by atoms with van der Waals surface area (Å²) in [5.74, 6) is -10.4. The minimum atomic E-state index is -4.89. The van der Waals surface area contributed by atoms with Gasteiger partial charge >= 0.3 is 24.3 Å². The molecule has 8 aliphatic rings. The van der Waals surface area contributed by atoms with Crippen LogP contribution in [0.2, 0.25) is 0 Å². The van der Waals surface area contributed by atoms with Gasteiger partial charge in [0.2, 0.25) is 66.6 Å². The van der Waals surface area contributed by atoms with E-state index in [1.807, 2.05) is 13.8 Å². The number of hydrogen-bond acceptors (Lipinski definition) is 20. The molecule has 0 spiro atoms. The highest BCUT2D eigenvalue weighted by Crippen LogP contribution is 2.61. The number of ketones is 2. The topological polar surface area (TPSA) is 317 Å². The van der Waals surface area contributed by atoms with E-state index in [2.05, 4.69) is 19.4 Å². The first-order valence-corrected chi connectivity index (χ1v) is 42.3. The molecule has 4 saturated carbocycles. The Bertz CT molecular complexity index is 4520. The molecule has 6 heterocycles. The van der Waals surface area contributed by atoms with E-state index in [9.17, 15) is 81.5 Å². The maximum atomic E-state index is 14.9. The number of ether oxygens (including phenoxy) is 6. The van der Waals surface area contributed by atoms with E-state index in [4.69, 9.17) is 36.6 Å². The van der Waals surface area contributed by atoms with Crippen LogP contribution in [0.5, 0.6) is 23.3 Å². The van der Waals surface area contributed by atoms with Gasteiger partial charge in [-0.05, 0) is 153 Å². The van der Waals surface area contributed by atoms with Crippen LogP contribution >= 0.6 is 0 Å². The van der Waals surface area contributed by atoms with Crippen LogP contribution in [0.15, 0.2) is 60.9 Å². The van der Waals surface area contributed by atoms with Crippen molar-refractivity contribution in [2.24, 2.45) is 58.2 Å². The number of sulfonamides is 2. The van der Waals surface area contributed by atoms with Crippen molar-refractivity contribution in [3.63, 3.8) is 0 Å². The summed E-state index contributed by atoms with van der Waals surface area (Å²) in [7, 11) is -13.6. The Morgan fingerprint density at radius 3 is 1.21 bits per heavy atom. The first-order valence-electron chi connectivity index (χ1n) is 42.4. The fourth-order valence-electron chi connectivity index (χ4n) is 17.1. The number of alkyl halides is 6. The first-order chi connectivity index (χ1) is 55.5. The van der Waals surface area contributed by atoms with Crippen molar-refractivity contribution in [2.45, 2.75) is 268 Å². The van der Waals surface area contributed by atoms with E-state index in [1.165, 1.54) is 22.2 Å². The van der Waals surface area contributed by atoms with Crippen LogP contribution in [-0.4, -0.2) is 168 Å². The van der Waals surface area contributed by atoms with Gasteiger partial charge in [-0.2, -0.15) is 26.3 Å². The van der Waals surface area contributed by atoms with Gasteiger partial charge in [0.1, 0.15) is 23.7 Å². The number of esters is 2. The molecule has 628 valence electrons. The molecular formula is C82H108F6N6O18S2. The Kier molecular flexibility index (Phi) is 22.7. The zero-order chi connectivity index (χ0) is 88.4. The second kappa shape index (κ2) is 32.9. The number of nitrogens with one attached hydrogen (secondary N) is 2. The molecule has 4 saturated heterocycles. The van der Waals surface area contributed by atoms with Gasteiger partial charge in [-0.3, -0.25) is 47.8 Å². The lowest BCUT2D eigenvalue weighted by atomic mass is 9.81. The van der Waals surface area contributed by atoms with Crippen LogP contribution in [0, 0.1) is 58.2 Å². The third kappa shape index (κ3) is 18.6. The maximum absolute atomic E-state index is 14.9. The summed E-state index contributed by atoms with van der Waals surface area (Å²) in [6.45, 7) is 13.0. The van der Waals surface area contributed by atoms with E-state index >= 15 is 0 Å². The molecule has 4 amide bonds. The van der Waals surface area contributed by atoms with E-state index in [-0.39, 0.29) is 98.5 Å². The SMILES string of the molecule is [2H]C([2H])([2H])Oc1cnc(O[C@@H]2C[C@H]3C(=O)C[C@]4(C(=O)NS(=O)(=O)C5(C)CC5)C[C@H]4CCCC[C@@H](C)C[C@@H](C)[C@H](CC(=O)OC(C)(C)C(F)(F)F)C(=O)N3C2)c2ccccc12.[2H]C([2H])([2H])Oc1cnc(O[C@@H]2C[C@H]3C(=O)C[C@]4(C(=O)NS(=O)(=O)C5(C)CC5)C[C@H]4CCCC[C@H](C)C[C@@H](C)[C@H](CC(=O)OC(C)(C)C(F)(F)F)C(=O)N3C2)c2ccccc12. The van der Waals surface area contributed by atoms with Crippen LogP contribution in [0.1, 0.15) is 219 Å². The quantitative estimate of drug-likeness (QED) is 0.0690. The number of benzene rings is 2. The van der Waals surface area contributed by atoms with Crippen molar-refractivity contribution in [1.82, 2.24) is 29.2 Å². The van der Waals surface area contributed by atoms with E-state index in [1.54, 1.807) is 76.2 Å².